The molecule has 2 aromatic rings. The Kier molecular flexibility index (Phi) is 3.55. The third-order valence-corrected chi connectivity index (χ3v) is 4.02. The highest BCUT2D eigenvalue weighted by molar-refractivity contribution is 5.75. The molecule has 3 rings (SSSR count). The van der Waals surface area contributed by atoms with E-state index in [0.717, 1.165) is 29.8 Å². The molecule has 1 N–H and O–H groups in total. The second kappa shape index (κ2) is 5.37. The van der Waals surface area contributed by atoms with Gasteiger partial charge in [0, 0.05) is 26.2 Å². The number of carbonyl (C=O) groups is 1. The number of hydrogen-bond acceptors (Lipinski definition) is 5. The van der Waals surface area contributed by atoms with Gasteiger partial charge in [-0.15, -0.1) is 0 Å². The Morgan fingerprint density at radius 2 is 2.05 bits per heavy atom. The molecular weight excluding hydrogens is 270 g/mol. The van der Waals surface area contributed by atoms with Gasteiger partial charge >= 0.3 is 5.97 Å². The first kappa shape index (κ1) is 13.9. The van der Waals surface area contributed by atoms with Crippen molar-refractivity contribution in [1.82, 2.24) is 9.88 Å². The number of hydrogen-bond donors (Lipinski definition) is 1. The van der Waals surface area contributed by atoms with Crippen molar-refractivity contribution >= 4 is 23.1 Å². The molecule has 1 saturated heterocycles. The number of piperazine rings is 1. The summed E-state index contributed by atoms with van der Waals surface area (Å²) in [5.41, 5.74) is 2.81. The van der Waals surface area contributed by atoms with Gasteiger partial charge in [-0.2, -0.15) is 4.98 Å². The van der Waals surface area contributed by atoms with Crippen molar-refractivity contribution in [3.8, 4) is 0 Å². The van der Waals surface area contributed by atoms with Crippen LogP contribution in [0.1, 0.15) is 12.5 Å². The van der Waals surface area contributed by atoms with Gasteiger partial charge in [0.25, 0.3) is 6.01 Å². The van der Waals surface area contributed by atoms with E-state index in [1.165, 1.54) is 0 Å². The van der Waals surface area contributed by atoms with E-state index in [1.54, 1.807) is 6.92 Å². The number of aromatic nitrogens is 1. The fourth-order valence-corrected chi connectivity index (χ4v) is 2.62. The molecule has 1 aliphatic heterocycles. The van der Waals surface area contributed by atoms with Crippen molar-refractivity contribution in [2.24, 2.45) is 0 Å². The van der Waals surface area contributed by atoms with E-state index in [-0.39, 0.29) is 0 Å². The maximum atomic E-state index is 11.0. The normalized spacial score (nSPS) is 18.1. The minimum absolute atomic E-state index is 0.446. The van der Waals surface area contributed by atoms with Crippen LogP contribution in [0, 0.1) is 6.92 Å². The molecule has 1 aliphatic rings. The number of oxazole rings is 1. The maximum Gasteiger partial charge on any atom is 0.320 e. The van der Waals surface area contributed by atoms with Crippen molar-refractivity contribution in [2.75, 3.05) is 31.1 Å². The highest BCUT2D eigenvalue weighted by Crippen LogP contribution is 2.23. The maximum absolute atomic E-state index is 11.0. The largest absolute Gasteiger partial charge is 0.480 e. The van der Waals surface area contributed by atoms with Crippen LogP contribution in [0.2, 0.25) is 0 Å². The third-order valence-electron chi connectivity index (χ3n) is 4.02. The summed E-state index contributed by atoms with van der Waals surface area (Å²) in [7, 11) is 0. The summed E-state index contributed by atoms with van der Waals surface area (Å²) in [6.07, 6.45) is 0. The van der Waals surface area contributed by atoms with Gasteiger partial charge in [-0.05, 0) is 31.5 Å². The van der Waals surface area contributed by atoms with Crippen molar-refractivity contribution in [2.45, 2.75) is 19.9 Å². The first-order chi connectivity index (χ1) is 10.0. The Balaban J connectivity index is 1.72. The summed E-state index contributed by atoms with van der Waals surface area (Å²) in [4.78, 5) is 19.6. The Labute approximate surface area is 123 Å². The smallest absolute Gasteiger partial charge is 0.320 e. The zero-order valence-corrected chi connectivity index (χ0v) is 12.2. The van der Waals surface area contributed by atoms with Crippen LogP contribution in [0.15, 0.2) is 22.6 Å². The van der Waals surface area contributed by atoms with Crippen LogP contribution in [0.5, 0.6) is 0 Å². The summed E-state index contributed by atoms with van der Waals surface area (Å²) < 4.78 is 5.79. The molecule has 0 aliphatic carbocycles. The second-order valence-electron chi connectivity index (χ2n) is 5.50. The monoisotopic (exact) mass is 289 g/mol. The van der Waals surface area contributed by atoms with Crippen LogP contribution < -0.4 is 4.90 Å². The van der Waals surface area contributed by atoms with Gasteiger partial charge in [0.1, 0.15) is 11.6 Å². The number of aryl methyl sites for hydroxylation is 1. The average Bonchev–Trinajstić information content (AvgIpc) is 2.89. The molecule has 6 heteroatoms. The van der Waals surface area contributed by atoms with Crippen molar-refractivity contribution in [1.29, 1.82) is 0 Å². The van der Waals surface area contributed by atoms with E-state index in [4.69, 9.17) is 9.52 Å². The van der Waals surface area contributed by atoms with Gasteiger partial charge in [-0.25, -0.2) is 0 Å². The number of carboxylic acids is 1. The summed E-state index contributed by atoms with van der Waals surface area (Å²) >= 11 is 0. The molecule has 0 saturated carbocycles. The molecule has 2 heterocycles. The topological polar surface area (TPSA) is 69.8 Å². The molecule has 6 nitrogen and oxygen atoms in total. The lowest BCUT2D eigenvalue weighted by Crippen LogP contribution is -2.51. The van der Waals surface area contributed by atoms with Gasteiger partial charge in [-0.3, -0.25) is 9.69 Å². The SMILES string of the molecule is Cc1ccc2oc(N3CCN(C(C)C(=O)O)CC3)nc2c1. The van der Waals surface area contributed by atoms with Crippen LogP contribution in [-0.2, 0) is 4.79 Å². The van der Waals surface area contributed by atoms with Crippen LogP contribution >= 0.6 is 0 Å². The Morgan fingerprint density at radius 1 is 1.33 bits per heavy atom. The molecule has 112 valence electrons. The summed E-state index contributed by atoms with van der Waals surface area (Å²) in [6.45, 7) is 6.60. The minimum atomic E-state index is -0.777. The van der Waals surface area contributed by atoms with E-state index >= 15 is 0 Å². The molecule has 1 fully saturated rings. The lowest BCUT2D eigenvalue weighted by molar-refractivity contribution is -0.142. The zero-order valence-electron chi connectivity index (χ0n) is 12.2. The van der Waals surface area contributed by atoms with E-state index in [9.17, 15) is 4.79 Å². The number of aliphatic carboxylic acids is 1. The van der Waals surface area contributed by atoms with E-state index in [2.05, 4.69) is 9.88 Å². The Morgan fingerprint density at radius 3 is 2.71 bits per heavy atom. The predicted octanol–water partition coefficient (Wildman–Crippen LogP) is 1.73. The standard InChI is InChI=1S/C15H19N3O3/c1-10-3-4-13-12(9-10)16-15(21-13)18-7-5-17(6-8-18)11(2)14(19)20/h3-4,9,11H,5-8H2,1-2H3,(H,19,20). The fourth-order valence-electron chi connectivity index (χ4n) is 2.62. The summed E-state index contributed by atoms with van der Waals surface area (Å²) in [6, 6.07) is 6.12. The first-order valence-corrected chi connectivity index (χ1v) is 7.13. The van der Waals surface area contributed by atoms with E-state index < -0.39 is 12.0 Å². The molecule has 1 aromatic heterocycles. The molecule has 1 atom stereocenters. The van der Waals surface area contributed by atoms with E-state index in [0.29, 0.717) is 19.1 Å². The Bertz CT molecular complexity index is 659. The minimum Gasteiger partial charge on any atom is -0.480 e. The average molecular weight is 289 g/mol. The predicted molar refractivity (Wildman–Crippen MR) is 79.6 cm³/mol. The highest BCUT2D eigenvalue weighted by Gasteiger charge is 2.26. The zero-order chi connectivity index (χ0) is 15.0. The van der Waals surface area contributed by atoms with Gasteiger partial charge in [0.15, 0.2) is 5.58 Å². The van der Waals surface area contributed by atoms with Gasteiger partial charge in [-0.1, -0.05) is 6.07 Å². The number of nitrogens with zero attached hydrogens (tertiary/aromatic N) is 3. The number of benzene rings is 1. The lowest BCUT2D eigenvalue weighted by Gasteiger charge is -2.35. The van der Waals surface area contributed by atoms with Crippen molar-refractivity contribution in [3.63, 3.8) is 0 Å². The van der Waals surface area contributed by atoms with Gasteiger partial charge in [0.05, 0.1) is 0 Å². The molecular formula is C15H19N3O3. The molecule has 21 heavy (non-hydrogen) atoms. The van der Waals surface area contributed by atoms with Crippen LogP contribution in [0.4, 0.5) is 6.01 Å². The lowest BCUT2D eigenvalue weighted by atomic mass is 10.2. The fraction of sp³-hybridized carbons (Fsp3) is 0.467. The Hall–Kier alpha value is -2.08. The van der Waals surface area contributed by atoms with Crippen LogP contribution in [0.3, 0.4) is 0 Å². The van der Waals surface area contributed by atoms with Gasteiger partial charge in [0.2, 0.25) is 0 Å². The first-order valence-electron chi connectivity index (χ1n) is 7.13. The highest BCUT2D eigenvalue weighted by atomic mass is 16.4. The number of anilines is 1. The van der Waals surface area contributed by atoms with Crippen LogP contribution in [-0.4, -0.2) is 53.2 Å². The number of rotatable bonds is 3. The number of fused-ring (bicyclic) bond motifs is 1. The third kappa shape index (κ3) is 2.71. The number of carboxylic acid groups (broad SMARTS) is 1. The van der Waals surface area contributed by atoms with E-state index in [1.807, 2.05) is 30.0 Å². The molecule has 0 spiro atoms. The van der Waals surface area contributed by atoms with Crippen LogP contribution in [0.25, 0.3) is 11.1 Å². The quantitative estimate of drug-likeness (QED) is 0.928. The summed E-state index contributed by atoms with van der Waals surface area (Å²) in [5, 5.41) is 9.05. The molecule has 0 bridgehead atoms. The second-order valence-corrected chi connectivity index (χ2v) is 5.50. The molecule has 1 aromatic carbocycles. The molecule has 0 amide bonds. The van der Waals surface area contributed by atoms with Gasteiger partial charge < -0.3 is 14.4 Å². The van der Waals surface area contributed by atoms with Crippen molar-refractivity contribution < 1.29 is 14.3 Å². The molecule has 1 unspecified atom stereocenters. The summed E-state index contributed by atoms with van der Waals surface area (Å²) in [5.74, 6) is -0.777. The molecule has 0 radical (unpaired) electrons. The van der Waals surface area contributed by atoms with Crippen molar-refractivity contribution in [3.05, 3.63) is 23.8 Å².